The fraction of sp³-hybridized carbons (Fsp3) is 0.211. The van der Waals surface area contributed by atoms with Crippen molar-refractivity contribution in [3.63, 3.8) is 0 Å². The minimum absolute atomic E-state index is 0.170. The number of carbonyl (C=O) groups is 3. The van der Waals surface area contributed by atoms with Crippen molar-refractivity contribution in [2.45, 2.75) is 6.92 Å². The Morgan fingerprint density at radius 3 is 2.39 bits per heavy atom. The van der Waals surface area contributed by atoms with Crippen molar-refractivity contribution in [1.29, 1.82) is 0 Å². The fourth-order valence-electron chi connectivity index (χ4n) is 2.68. The molecular weight excluding hydrogens is 420 g/mol. The number of esters is 1. The van der Waals surface area contributed by atoms with Gasteiger partial charge in [0.25, 0.3) is 11.8 Å². The van der Waals surface area contributed by atoms with Crippen LogP contribution in [0.1, 0.15) is 35.3 Å². The molecule has 28 heavy (non-hydrogen) atoms. The third kappa shape index (κ3) is 3.50. The van der Waals surface area contributed by atoms with Gasteiger partial charge < -0.3 is 15.0 Å². The number of anilines is 1. The summed E-state index contributed by atoms with van der Waals surface area (Å²) in [5, 5.41) is 4.14. The summed E-state index contributed by atoms with van der Waals surface area (Å²) in [6, 6.07) is 7.44. The van der Waals surface area contributed by atoms with Gasteiger partial charge in [-0.1, -0.05) is 29.8 Å². The molecule has 0 unspecified atom stereocenters. The van der Waals surface area contributed by atoms with Gasteiger partial charge in [-0.25, -0.2) is 4.79 Å². The van der Waals surface area contributed by atoms with Crippen LogP contribution in [0.3, 0.4) is 0 Å². The largest absolute Gasteiger partial charge is 0.465 e. The van der Waals surface area contributed by atoms with E-state index in [9.17, 15) is 14.4 Å². The number of benzene rings is 1. The number of ether oxygens (including phenoxy) is 1. The number of fused-ring (bicyclic) bond motifs is 1. The lowest BCUT2D eigenvalue weighted by atomic mass is 10.1. The normalized spacial score (nSPS) is 10.8. The first-order valence-electron chi connectivity index (χ1n) is 8.18. The molecule has 3 aromatic rings. The first kappa shape index (κ1) is 20.3. The van der Waals surface area contributed by atoms with Gasteiger partial charge in [0.05, 0.1) is 22.6 Å². The number of nitrogens with zero attached hydrogens (tertiary/aromatic N) is 1. The van der Waals surface area contributed by atoms with E-state index in [4.69, 9.17) is 16.3 Å². The minimum atomic E-state index is -0.621. The van der Waals surface area contributed by atoms with Crippen LogP contribution in [0.5, 0.6) is 0 Å². The van der Waals surface area contributed by atoms with Crippen LogP contribution in [0.4, 0.5) is 5.00 Å². The minimum Gasteiger partial charge on any atom is -0.465 e. The van der Waals surface area contributed by atoms with Crippen molar-refractivity contribution >= 4 is 67.1 Å². The standard InChI is InChI=1S/C19H17ClN2O4S2/c1-9-12(19(25)26-4)17(28-14(9)18(24)22(2)3)21-16(23)15-13(20)10-7-5-6-8-11(10)27-15/h5-8H,1-4H3,(H,21,23). The van der Waals surface area contributed by atoms with Crippen LogP contribution in [-0.4, -0.2) is 43.9 Å². The molecule has 0 aliphatic heterocycles. The topological polar surface area (TPSA) is 75.7 Å². The predicted octanol–water partition coefficient (Wildman–Crippen LogP) is 4.67. The van der Waals surface area contributed by atoms with E-state index in [1.165, 1.54) is 23.3 Å². The molecule has 146 valence electrons. The van der Waals surface area contributed by atoms with E-state index in [2.05, 4.69) is 5.32 Å². The maximum absolute atomic E-state index is 12.9. The van der Waals surface area contributed by atoms with E-state index in [1.807, 2.05) is 24.3 Å². The summed E-state index contributed by atoms with van der Waals surface area (Å²) in [6.45, 7) is 1.65. The molecular formula is C19H17ClN2O4S2. The number of thiophene rings is 2. The first-order valence-corrected chi connectivity index (χ1v) is 10.2. The summed E-state index contributed by atoms with van der Waals surface area (Å²) in [6.07, 6.45) is 0. The second kappa shape index (κ2) is 7.90. The van der Waals surface area contributed by atoms with Gasteiger partial charge in [-0.05, 0) is 18.6 Å². The first-order chi connectivity index (χ1) is 13.3. The molecule has 9 heteroatoms. The van der Waals surface area contributed by atoms with E-state index >= 15 is 0 Å². The Kier molecular flexibility index (Phi) is 5.74. The SMILES string of the molecule is COC(=O)c1c(NC(=O)c2sc3ccccc3c2Cl)sc(C(=O)N(C)C)c1C. The summed E-state index contributed by atoms with van der Waals surface area (Å²) in [5.41, 5.74) is 0.636. The monoisotopic (exact) mass is 436 g/mol. The number of methoxy groups -OCH3 is 1. The van der Waals surface area contributed by atoms with Crippen molar-refractivity contribution in [1.82, 2.24) is 4.90 Å². The molecule has 0 aliphatic rings. The molecule has 1 N–H and O–H groups in total. The number of hydrogen-bond acceptors (Lipinski definition) is 6. The third-order valence-corrected chi connectivity index (χ3v) is 6.97. The van der Waals surface area contributed by atoms with Crippen LogP contribution < -0.4 is 5.32 Å². The molecule has 1 aromatic carbocycles. The summed E-state index contributed by atoms with van der Waals surface area (Å²) in [4.78, 5) is 39.7. The molecule has 0 saturated heterocycles. The Bertz CT molecular complexity index is 1100. The smallest absolute Gasteiger partial charge is 0.341 e. The number of amides is 2. The summed E-state index contributed by atoms with van der Waals surface area (Å²) in [7, 11) is 4.49. The van der Waals surface area contributed by atoms with Gasteiger partial charge in [-0.3, -0.25) is 9.59 Å². The molecule has 0 bridgehead atoms. The number of rotatable bonds is 4. The highest BCUT2D eigenvalue weighted by Gasteiger charge is 2.28. The molecule has 2 amide bonds. The Morgan fingerprint density at radius 1 is 1.11 bits per heavy atom. The van der Waals surface area contributed by atoms with Gasteiger partial charge in [0, 0.05) is 24.2 Å². The Labute approximate surface area is 174 Å². The molecule has 0 saturated carbocycles. The van der Waals surface area contributed by atoms with Gasteiger partial charge in [-0.15, -0.1) is 22.7 Å². The molecule has 0 atom stereocenters. The van der Waals surface area contributed by atoms with Crippen molar-refractivity contribution in [2.24, 2.45) is 0 Å². The van der Waals surface area contributed by atoms with Gasteiger partial charge in [-0.2, -0.15) is 0 Å². The van der Waals surface area contributed by atoms with Crippen LogP contribution in [0.2, 0.25) is 5.02 Å². The number of halogens is 1. The molecule has 0 radical (unpaired) electrons. The second-order valence-corrected chi connectivity index (χ2v) is 8.60. The summed E-state index contributed by atoms with van der Waals surface area (Å²) in [5.74, 6) is -1.32. The second-order valence-electron chi connectivity index (χ2n) is 6.15. The van der Waals surface area contributed by atoms with Crippen molar-refractivity contribution < 1.29 is 19.1 Å². The zero-order valence-electron chi connectivity index (χ0n) is 15.6. The lowest BCUT2D eigenvalue weighted by Crippen LogP contribution is -2.21. The number of hydrogen-bond donors (Lipinski definition) is 1. The average Bonchev–Trinajstić information content (AvgIpc) is 3.18. The Hall–Kier alpha value is -2.42. The van der Waals surface area contributed by atoms with Crippen LogP contribution in [-0.2, 0) is 4.74 Å². The van der Waals surface area contributed by atoms with Gasteiger partial charge in [0.2, 0.25) is 0 Å². The average molecular weight is 437 g/mol. The van der Waals surface area contributed by atoms with Gasteiger partial charge in [0.1, 0.15) is 9.88 Å². The molecule has 0 aliphatic carbocycles. The van der Waals surface area contributed by atoms with E-state index in [-0.39, 0.29) is 16.5 Å². The van der Waals surface area contributed by atoms with Crippen molar-refractivity contribution in [3.05, 3.63) is 50.2 Å². The van der Waals surface area contributed by atoms with E-state index in [1.54, 1.807) is 21.0 Å². The van der Waals surface area contributed by atoms with Crippen molar-refractivity contribution in [2.75, 3.05) is 26.5 Å². The highest BCUT2D eigenvalue weighted by molar-refractivity contribution is 7.22. The summed E-state index contributed by atoms with van der Waals surface area (Å²) < 4.78 is 5.72. The van der Waals surface area contributed by atoms with Crippen LogP contribution in [0.15, 0.2) is 24.3 Å². The molecule has 0 fully saturated rings. The summed E-state index contributed by atoms with van der Waals surface area (Å²) >= 11 is 8.68. The van der Waals surface area contributed by atoms with E-state index in [0.29, 0.717) is 20.3 Å². The number of nitrogens with one attached hydrogen (secondary N) is 1. The number of carbonyl (C=O) groups excluding carboxylic acids is 3. The highest BCUT2D eigenvalue weighted by Crippen LogP contribution is 2.38. The van der Waals surface area contributed by atoms with Crippen LogP contribution in [0, 0.1) is 6.92 Å². The molecule has 0 spiro atoms. The van der Waals surface area contributed by atoms with Crippen molar-refractivity contribution in [3.8, 4) is 0 Å². The lowest BCUT2D eigenvalue weighted by Gasteiger charge is -2.08. The maximum Gasteiger partial charge on any atom is 0.341 e. The quantitative estimate of drug-likeness (QED) is 0.603. The van der Waals surface area contributed by atoms with Crippen LogP contribution in [0.25, 0.3) is 10.1 Å². The highest BCUT2D eigenvalue weighted by atomic mass is 35.5. The Morgan fingerprint density at radius 2 is 1.79 bits per heavy atom. The zero-order valence-corrected chi connectivity index (χ0v) is 18.0. The predicted molar refractivity (Wildman–Crippen MR) is 113 cm³/mol. The molecule has 2 aromatic heterocycles. The fourth-order valence-corrected chi connectivity index (χ4v) is 5.30. The van der Waals surface area contributed by atoms with Gasteiger partial charge in [0.15, 0.2) is 0 Å². The molecule has 6 nitrogen and oxygen atoms in total. The van der Waals surface area contributed by atoms with E-state index in [0.717, 1.165) is 21.4 Å². The Balaban J connectivity index is 2.04. The van der Waals surface area contributed by atoms with Gasteiger partial charge >= 0.3 is 5.97 Å². The molecule has 3 rings (SSSR count). The molecule has 2 heterocycles. The maximum atomic E-state index is 12.9. The van der Waals surface area contributed by atoms with E-state index < -0.39 is 11.9 Å². The van der Waals surface area contributed by atoms with Crippen LogP contribution >= 0.6 is 34.3 Å². The lowest BCUT2D eigenvalue weighted by molar-refractivity contribution is 0.0601. The third-order valence-electron chi connectivity index (χ3n) is 4.10. The zero-order chi connectivity index (χ0) is 20.6.